The van der Waals surface area contributed by atoms with Crippen LogP contribution in [0.15, 0.2) is 24.3 Å². The summed E-state index contributed by atoms with van der Waals surface area (Å²) in [5.74, 6) is -0.325. The second-order valence-electron chi connectivity index (χ2n) is 6.21. The van der Waals surface area contributed by atoms with E-state index in [0.29, 0.717) is 25.2 Å². The SMILES string of the molecule is Cc1ccccc1C(CC(C)C)NC(=O)CCCCC(=O)O. The Hall–Kier alpha value is -1.84. The summed E-state index contributed by atoms with van der Waals surface area (Å²) >= 11 is 0. The van der Waals surface area contributed by atoms with Gasteiger partial charge in [0.15, 0.2) is 0 Å². The van der Waals surface area contributed by atoms with Crippen LogP contribution < -0.4 is 5.32 Å². The normalized spacial score (nSPS) is 12.2. The first-order valence-electron chi connectivity index (χ1n) is 7.96. The van der Waals surface area contributed by atoms with Crippen molar-refractivity contribution in [2.24, 2.45) is 5.92 Å². The van der Waals surface area contributed by atoms with Crippen LogP contribution in [0.3, 0.4) is 0 Å². The number of hydrogen-bond donors (Lipinski definition) is 2. The number of carboxylic acid groups (broad SMARTS) is 1. The summed E-state index contributed by atoms with van der Waals surface area (Å²) in [5, 5.41) is 11.7. The Balaban J connectivity index is 2.60. The molecule has 1 aromatic carbocycles. The fraction of sp³-hybridized carbons (Fsp3) is 0.556. The summed E-state index contributed by atoms with van der Waals surface area (Å²) in [6, 6.07) is 8.13. The van der Waals surface area contributed by atoms with Crippen LogP contribution in [0.5, 0.6) is 0 Å². The largest absolute Gasteiger partial charge is 0.481 e. The van der Waals surface area contributed by atoms with E-state index in [9.17, 15) is 9.59 Å². The molecule has 2 N–H and O–H groups in total. The van der Waals surface area contributed by atoms with E-state index < -0.39 is 5.97 Å². The molecule has 0 fully saturated rings. The summed E-state index contributed by atoms with van der Waals surface area (Å²) < 4.78 is 0. The number of carbonyl (C=O) groups excluding carboxylic acids is 1. The molecule has 1 amide bonds. The van der Waals surface area contributed by atoms with Gasteiger partial charge in [0, 0.05) is 12.8 Å². The van der Waals surface area contributed by atoms with Crippen molar-refractivity contribution in [3.05, 3.63) is 35.4 Å². The van der Waals surface area contributed by atoms with Gasteiger partial charge in [-0.2, -0.15) is 0 Å². The van der Waals surface area contributed by atoms with Gasteiger partial charge in [-0.25, -0.2) is 0 Å². The third kappa shape index (κ3) is 6.74. The van der Waals surface area contributed by atoms with Crippen molar-refractivity contribution >= 4 is 11.9 Å². The molecule has 1 aromatic rings. The van der Waals surface area contributed by atoms with Crippen molar-refractivity contribution in [2.45, 2.75) is 58.9 Å². The maximum absolute atomic E-state index is 12.1. The minimum atomic E-state index is -0.807. The number of aryl methyl sites for hydroxylation is 1. The molecule has 4 nitrogen and oxygen atoms in total. The predicted molar refractivity (Wildman–Crippen MR) is 87.6 cm³/mol. The van der Waals surface area contributed by atoms with Crippen LogP contribution in [0.25, 0.3) is 0 Å². The quantitative estimate of drug-likeness (QED) is 0.681. The van der Waals surface area contributed by atoms with Gasteiger partial charge >= 0.3 is 5.97 Å². The Bertz CT molecular complexity index is 497. The lowest BCUT2D eigenvalue weighted by molar-refractivity contribution is -0.137. The van der Waals surface area contributed by atoms with E-state index in [0.717, 1.165) is 12.0 Å². The van der Waals surface area contributed by atoms with E-state index in [-0.39, 0.29) is 18.4 Å². The Morgan fingerprint density at radius 1 is 1.14 bits per heavy atom. The molecule has 4 heteroatoms. The van der Waals surface area contributed by atoms with Crippen LogP contribution in [0, 0.1) is 12.8 Å². The van der Waals surface area contributed by atoms with Crippen LogP contribution in [0.1, 0.15) is 63.1 Å². The summed E-state index contributed by atoms with van der Waals surface area (Å²) in [4.78, 5) is 22.6. The number of hydrogen-bond acceptors (Lipinski definition) is 2. The smallest absolute Gasteiger partial charge is 0.303 e. The maximum atomic E-state index is 12.1. The lowest BCUT2D eigenvalue weighted by atomic mass is 9.93. The van der Waals surface area contributed by atoms with E-state index in [1.54, 1.807) is 0 Å². The third-order valence-corrected chi connectivity index (χ3v) is 3.65. The fourth-order valence-corrected chi connectivity index (χ4v) is 2.54. The van der Waals surface area contributed by atoms with Gasteiger partial charge in [0.2, 0.25) is 5.91 Å². The molecular weight excluding hydrogens is 278 g/mol. The van der Waals surface area contributed by atoms with Gasteiger partial charge < -0.3 is 10.4 Å². The number of rotatable bonds is 9. The van der Waals surface area contributed by atoms with Gasteiger partial charge in [-0.1, -0.05) is 38.1 Å². The van der Waals surface area contributed by atoms with Crippen molar-refractivity contribution < 1.29 is 14.7 Å². The van der Waals surface area contributed by atoms with Gasteiger partial charge in [-0.15, -0.1) is 0 Å². The molecule has 0 aliphatic rings. The fourth-order valence-electron chi connectivity index (χ4n) is 2.54. The minimum Gasteiger partial charge on any atom is -0.481 e. The molecule has 0 bridgehead atoms. The number of amides is 1. The van der Waals surface area contributed by atoms with Gasteiger partial charge in [-0.3, -0.25) is 9.59 Å². The Kier molecular flexibility index (Phi) is 7.64. The Morgan fingerprint density at radius 3 is 2.36 bits per heavy atom. The van der Waals surface area contributed by atoms with Crippen LogP contribution in [0.4, 0.5) is 0 Å². The first-order valence-corrected chi connectivity index (χ1v) is 7.96. The summed E-state index contributed by atoms with van der Waals surface area (Å²) in [7, 11) is 0. The van der Waals surface area contributed by atoms with Crippen molar-refractivity contribution in [3.63, 3.8) is 0 Å². The molecule has 1 atom stereocenters. The lowest BCUT2D eigenvalue weighted by Gasteiger charge is -2.23. The zero-order valence-electron chi connectivity index (χ0n) is 13.8. The summed E-state index contributed by atoms with van der Waals surface area (Å²) in [6.07, 6.45) is 2.56. The van der Waals surface area contributed by atoms with E-state index in [1.807, 2.05) is 12.1 Å². The molecule has 0 saturated heterocycles. The molecule has 0 aliphatic carbocycles. The molecule has 0 heterocycles. The van der Waals surface area contributed by atoms with E-state index in [2.05, 4.69) is 38.2 Å². The number of benzene rings is 1. The molecule has 1 rings (SSSR count). The van der Waals surface area contributed by atoms with Gasteiger partial charge in [-0.05, 0) is 43.2 Å². The molecule has 0 aromatic heterocycles. The van der Waals surface area contributed by atoms with E-state index in [4.69, 9.17) is 5.11 Å². The molecule has 1 unspecified atom stereocenters. The molecular formula is C18H27NO3. The highest BCUT2D eigenvalue weighted by atomic mass is 16.4. The highest BCUT2D eigenvalue weighted by Crippen LogP contribution is 2.24. The lowest BCUT2D eigenvalue weighted by Crippen LogP contribution is -2.29. The number of carbonyl (C=O) groups is 2. The standard InChI is InChI=1S/C18H27NO3/c1-13(2)12-16(15-9-5-4-8-14(15)3)19-17(20)10-6-7-11-18(21)22/h4-5,8-9,13,16H,6-7,10-12H2,1-3H3,(H,19,20)(H,21,22). The molecule has 0 radical (unpaired) electrons. The molecule has 0 aliphatic heterocycles. The Morgan fingerprint density at radius 2 is 1.77 bits per heavy atom. The average Bonchev–Trinajstić information content (AvgIpc) is 2.43. The summed E-state index contributed by atoms with van der Waals surface area (Å²) in [5.41, 5.74) is 2.34. The van der Waals surface area contributed by atoms with Gasteiger partial charge in [0.1, 0.15) is 0 Å². The molecule has 0 saturated carbocycles. The van der Waals surface area contributed by atoms with Crippen LogP contribution in [-0.4, -0.2) is 17.0 Å². The first kappa shape index (κ1) is 18.2. The monoisotopic (exact) mass is 305 g/mol. The van der Waals surface area contributed by atoms with E-state index in [1.165, 1.54) is 5.56 Å². The van der Waals surface area contributed by atoms with E-state index >= 15 is 0 Å². The number of nitrogens with one attached hydrogen (secondary N) is 1. The third-order valence-electron chi connectivity index (χ3n) is 3.65. The molecule has 22 heavy (non-hydrogen) atoms. The zero-order chi connectivity index (χ0) is 16.5. The first-order chi connectivity index (χ1) is 10.4. The predicted octanol–water partition coefficient (Wildman–Crippen LogP) is 3.84. The van der Waals surface area contributed by atoms with Crippen LogP contribution in [0.2, 0.25) is 0 Å². The maximum Gasteiger partial charge on any atom is 0.303 e. The number of unbranched alkanes of at least 4 members (excludes halogenated alkanes) is 1. The van der Waals surface area contributed by atoms with Crippen LogP contribution >= 0.6 is 0 Å². The average molecular weight is 305 g/mol. The number of aliphatic carboxylic acids is 1. The van der Waals surface area contributed by atoms with Crippen molar-refractivity contribution in [1.29, 1.82) is 0 Å². The highest BCUT2D eigenvalue weighted by molar-refractivity contribution is 5.76. The second kappa shape index (κ2) is 9.23. The van der Waals surface area contributed by atoms with Crippen LogP contribution in [-0.2, 0) is 9.59 Å². The summed E-state index contributed by atoms with van der Waals surface area (Å²) in [6.45, 7) is 6.34. The van der Waals surface area contributed by atoms with Crippen molar-refractivity contribution in [3.8, 4) is 0 Å². The molecule has 122 valence electrons. The topological polar surface area (TPSA) is 66.4 Å². The van der Waals surface area contributed by atoms with Gasteiger partial charge in [0.25, 0.3) is 0 Å². The Labute approximate surface area is 132 Å². The molecule has 0 spiro atoms. The minimum absolute atomic E-state index is 0.000656. The second-order valence-corrected chi connectivity index (χ2v) is 6.21. The zero-order valence-corrected chi connectivity index (χ0v) is 13.8. The van der Waals surface area contributed by atoms with Crippen molar-refractivity contribution in [1.82, 2.24) is 5.32 Å². The number of carboxylic acids is 1. The van der Waals surface area contributed by atoms with Crippen molar-refractivity contribution in [2.75, 3.05) is 0 Å². The highest BCUT2D eigenvalue weighted by Gasteiger charge is 2.17. The van der Waals surface area contributed by atoms with Gasteiger partial charge in [0.05, 0.1) is 6.04 Å².